The van der Waals surface area contributed by atoms with Crippen LogP contribution in [-0.4, -0.2) is 22.9 Å². The molecule has 2 nitrogen and oxygen atoms in total. The van der Waals surface area contributed by atoms with Crippen molar-refractivity contribution in [3.05, 3.63) is 23.8 Å². The third kappa shape index (κ3) is 3.97. The summed E-state index contributed by atoms with van der Waals surface area (Å²) >= 11 is 0. The van der Waals surface area contributed by atoms with Gasteiger partial charge in [0.05, 0.1) is 6.61 Å². The number of aliphatic hydroxyl groups is 2. The van der Waals surface area contributed by atoms with E-state index in [1.165, 1.54) is 0 Å². The Bertz CT molecular complexity index is 228. The van der Waals surface area contributed by atoms with E-state index in [0.29, 0.717) is 5.57 Å². The Morgan fingerprint density at radius 1 is 1.58 bits per heavy atom. The first-order valence-electron chi connectivity index (χ1n) is 3.80. The standard InChI is InChI=1S/C10H14O2/c1-3-5-7-9(6-4-2)10(12)8-11/h4,6-7,10-12H,8H2,1-2H3/b6-4-,9-7+. The Morgan fingerprint density at radius 2 is 2.25 bits per heavy atom. The van der Waals surface area contributed by atoms with Crippen LogP contribution in [0.3, 0.4) is 0 Å². The molecule has 0 saturated heterocycles. The lowest BCUT2D eigenvalue weighted by Crippen LogP contribution is -2.13. The van der Waals surface area contributed by atoms with Crippen LogP contribution in [0.4, 0.5) is 0 Å². The lowest BCUT2D eigenvalue weighted by Gasteiger charge is -2.05. The van der Waals surface area contributed by atoms with Gasteiger partial charge < -0.3 is 10.2 Å². The second kappa shape index (κ2) is 6.66. The molecule has 2 heteroatoms. The summed E-state index contributed by atoms with van der Waals surface area (Å²) in [5.74, 6) is 5.40. The number of hydrogen-bond acceptors (Lipinski definition) is 2. The minimum absolute atomic E-state index is 0.276. The van der Waals surface area contributed by atoms with Gasteiger partial charge in [-0.05, 0) is 25.5 Å². The third-order valence-electron chi connectivity index (χ3n) is 1.30. The Kier molecular flexibility index (Phi) is 6.08. The van der Waals surface area contributed by atoms with Crippen molar-refractivity contribution in [1.82, 2.24) is 0 Å². The van der Waals surface area contributed by atoms with Crippen LogP contribution in [0.1, 0.15) is 13.8 Å². The molecule has 0 radical (unpaired) electrons. The number of aliphatic hydroxyl groups excluding tert-OH is 2. The second-order valence-electron chi connectivity index (χ2n) is 2.24. The minimum Gasteiger partial charge on any atom is -0.393 e. The van der Waals surface area contributed by atoms with E-state index in [1.54, 1.807) is 25.2 Å². The Labute approximate surface area is 73.2 Å². The van der Waals surface area contributed by atoms with E-state index in [-0.39, 0.29) is 6.61 Å². The summed E-state index contributed by atoms with van der Waals surface area (Å²) in [5, 5.41) is 17.9. The Balaban J connectivity index is 4.49. The van der Waals surface area contributed by atoms with Crippen molar-refractivity contribution in [1.29, 1.82) is 0 Å². The predicted molar refractivity (Wildman–Crippen MR) is 49.4 cm³/mol. The minimum atomic E-state index is -0.831. The fourth-order valence-corrected chi connectivity index (χ4v) is 0.709. The molecule has 0 fully saturated rings. The van der Waals surface area contributed by atoms with Gasteiger partial charge in [0, 0.05) is 0 Å². The molecule has 0 rings (SSSR count). The lowest BCUT2D eigenvalue weighted by molar-refractivity contribution is 0.125. The summed E-state index contributed by atoms with van der Waals surface area (Å²) in [6, 6.07) is 0. The molecule has 0 aromatic carbocycles. The zero-order chi connectivity index (χ0) is 9.40. The maximum atomic E-state index is 9.24. The van der Waals surface area contributed by atoms with Crippen molar-refractivity contribution in [3.8, 4) is 11.8 Å². The van der Waals surface area contributed by atoms with Gasteiger partial charge in [-0.2, -0.15) is 0 Å². The largest absolute Gasteiger partial charge is 0.393 e. The topological polar surface area (TPSA) is 40.5 Å². The Morgan fingerprint density at radius 3 is 2.67 bits per heavy atom. The van der Waals surface area contributed by atoms with Gasteiger partial charge in [0.15, 0.2) is 0 Å². The molecule has 2 N–H and O–H groups in total. The van der Waals surface area contributed by atoms with E-state index < -0.39 is 6.10 Å². The van der Waals surface area contributed by atoms with Crippen LogP contribution in [0.15, 0.2) is 23.8 Å². The molecule has 1 atom stereocenters. The summed E-state index contributed by atoms with van der Waals surface area (Å²) in [5.41, 5.74) is 0.634. The van der Waals surface area contributed by atoms with Crippen molar-refractivity contribution in [3.63, 3.8) is 0 Å². The smallest absolute Gasteiger partial charge is 0.103 e. The van der Waals surface area contributed by atoms with E-state index in [0.717, 1.165) is 0 Å². The molecule has 0 aliphatic carbocycles. The van der Waals surface area contributed by atoms with Gasteiger partial charge in [-0.25, -0.2) is 0 Å². The number of hydrogen-bond donors (Lipinski definition) is 2. The highest BCUT2D eigenvalue weighted by molar-refractivity contribution is 5.31. The summed E-state index contributed by atoms with van der Waals surface area (Å²) in [6.45, 7) is 3.29. The molecule has 0 amide bonds. The fourth-order valence-electron chi connectivity index (χ4n) is 0.709. The fraction of sp³-hybridized carbons (Fsp3) is 0.400. The molecule has 0 spiro atoms. The van der Waals surface area contributed by atoms with Gasteiger partial charge in [0.25, 0.3) is 0 Å². The van der Waals surface area contributed by atoms with Gasteiger partial charge in [0.1, 0.15) is 6.10 Å². The maximum Gasteiger partial charge on any atom is 0.103 e. The number of allylic oxidation sites excluding steroid dienone is 2. The highest BCUT2D eigenvalue weighted by atomic mass is 16.3. The normalized spacial score (nSPS) is 14.2. The monoisotopic (exact) mass is 166 g/mol. The van der Waals surface area contributed by atoms with Crippen molar-refractivity contribution < 1.29 is 10.2 Å². The summed E-state index contributed by atoms with van der Waals surface area (Å²) in [4.78, 5) is 0. The van der Waals surface area contributed by atoms with Gasteiger partial charge in [-0.15, -0.1) is 5.92 Å². The lowest BCUT2D eigenvalue weighted by atomic mass is 10.1. The molecule has 0 saturated carbocycles. The average Bonchev–Trinajstić information content (AvgIpc) is 2.11. The van der Waals surface area contributed by atoms with E-state index >= 15 is 0 Å². The van der Waals surface area contributed by atoms with Crippen LogP contribution in [0, 0.1) is 11.8 Å². The summed E-state index contributed by atoms with van der Waals surface area (Å²) < 4.78 is 0. The highest BCUT2D eigenvalue weighted by Gasteiger charge is 2.04. The molecule has 12 heavy (non-hydrogen) atoms. The third-order valence-corrected chi connectivity index (χ3v) is 1.30. The molecule has 0 aliphatic heterocycles. The van der Waals surface area contributed by atoms with E-state index in [1.807, 2.05) is 6.92 Å². The van der Waals surface area contributed by atoms with Crippen molar-refractivity contribution in [2.45, 2.75) is 20.0 Å². The molecule has 0 bridgehead atoms. The van der Waals surface area contributed by atoms with Crippen molar-refractivity contribution >= 4 is 0 Å². The van der Waals surface area contributed by atoms with Crippen LogP contribution in [0.25, 0.3) is 0 Å². The zero-order valence-corrected chi connectivity index (χ0v) is 7.41. The van der Waals surface area contributed by atoms with Crippen LogP contribution in [0.2, 0.25) is 0 Å². The van der Waals surface area contributed by atoms with Gasteiger partial charge in [-0.1, -0.05) is 18.1 Å². The molecule has 0 aromatic heterocycles. The average molecular weight is 166 g/mol. The number of rotatable bonds is 3. The van der Waals surface area contributed by atoms with Crippen molar-refractivity contribution in [2.24, 2.45) is 0 Å². The van der Waals surface area contributed by atoms with Crippen LogP contribution >= 0.6 is 0 Å². The van der Waals surface area contributed by atoms with Crippen LogP contribution in [0.5, 0.6) is 0 Å². The SMILES string of the molecule is CC#C/C=C(\C=C/C)C(O)CO. The summed E-state index contributed by atoms with van der Waals surface area (Å²) in [7, 11) is 0. The summed E-state index contributed by atoms with van der Waals surface area (Å²) in [6.07, 6.45) is 4.29. The molecule has 0 aromatic rings. The van der Waals surface area contributed by atoms with Crippen LogP contribution < -0.4 is 0 Å². The molecular formula is C10H14O2. The molecule has 0 heterocycles. The van der Waals surface area contributed by atoms with Crippen molar-refractivity contribution in [2.75, 3.05) is 6.61 Å². The van der Waals surface area contributed by atoms with E-state index in [2.05, 4.69) is 11.8 Å². The van der Waals surface area contributed by atoms with E-state index in [4.69, 9.17) is 5.11 Å². The molecule has 1 unspecified atom stereocenters. The van der Waals surface area contributed by atoms with E-state index in [9.17, 15) is 5.11 Å². The first kappa shape index (κ1) is 11.0. The molecular weight excluding hydrogens is 152 g/mol. The first-order chi connectivity index (χ1) is 5.76. The maximum absolute atomic E-state index is 9.24. The Hall–Kier alpha value is -1.04. The quantitative estimate of drug-likeness (QED) is 0.482. The van der Waals surface area contributed by atoms with Gasteiger partial charge >= 0.3 is 0 Å². The van der Waals surface area contributed by atoms with Gasteiger partial charge in [-0.3, -0.25) is 0 Å². The zero-order valence-electron chi connectivity index (χ0n) is 7.41. The van der Waals surface area contributed by atoms with Crippen LogP contribution in [-0.2, 0) is 0 Å². The predicted octanol–water partition coefficient (Wildman–Crippen LogP) is 0.865. The molecule has 0 aliphatic rings. The molecule has 66 valence electrons. The second-order valence-corrected chi connectivity index (χ2v) is 2.24. The highest BCUT2D eigenvalue weighted by Crippen LogP contribution is 2.03. The van der Waals surface area contributed by atoms with Gasteiger partial charge in [0.2, 0.25) is 0 Å². The first-order valence-corrected chi connectivity index (χ1v) is 3.80.